The number of allylic oxidation sites excluding steroid dienone is 1. The van der Waals surface area contributed by atoms with Crippen molar-refractivity contribution in [2.45, 2.75) is 26.7 Å². The SMILES string of the molecule is COC(=O)C1=CCCC1(C)C. The fourth-order valence-corrected chi connectivity index (χ4v) is 1.46. The molecule has 2 nitrogen and oxygen atoms in total. The number of ether oxygens (including phenoxy) is 1. The molecule has 2 heteroatoms. The van der Waals surface area contributed by atoms with Gasteiger partial charge in [0.15, 0.2) is 0 Å². The molecule has 0 N–H and O–H groups in total. The smallest absolute Gasteiger partial charge is 0.333 e. The van der Waals surface area contributed by atoms with Gasteiger partial charge in [0.25, 0.3) is 0 Å². The summed E-state index contributed by atoms with van der Waals surface area (Å²) in [6, 6.07) is 0. The van der Waals surface area contributed by atoms with E-state index in [9.17, 15) is 4.79 Å². The van der Waals surface area contributed by atoms with Crippen LogP contribution in [-0.2, 0) is 9.53 Å². The minimum Gasteiger partial charge on any atom is -0.466 e. The van der Waals surface area contributed by atoms with Crippen LogP contribution >= 0.6 is 0 Å². The maximum absolute atomic E-state index is 11.1. The lowest BCUT2D eigenvalue weighted by molar-refractivity contribution is -0.137. The van der Waals surface area contributed by atoms with Crippen molar-refractivity contribution in [2.24, 2.45) is 5.41 Å². The molecule has 0 aromatic rings. The average molecular weight is 154 g/mol. The van der Waals surface area contributed by atoms with Crippen molar-refractivity contribution in [2.75, 3.05) is 7.11 Å². The van der Waals surface area contributed by atoms with Gasteiger partial charge in [0, 0.05) is 5.57 Å². The van der Waals surface area contributed by atoms with Gasteiger partial charge in [-0.05, 0) is 18.3 Å². The Morgan fingerprint density at radius 1 is 1.64 bits per heavy atom. The van der Waals surface area contributed by atoms with Crippen LogP contribution in [0, 0.1) is 5.41 Å². The van der Waals surface area contributed by atoms with Crippen LogP contribution in [0.1, 0.15) is 26.7 Å². The van der Waals surface area contributed by atoms with E-state index in [0.717, 1.165) is 18.4 Å². The first-order chi connectivity index (χ1) is 5.08. The van der Waals surface area contributed by atoms with Crippen LogP contribution in [0.4, 0.5) is 0 Å². The summed E-state index contributed by atoms with van der Waals surface area (Å²) in [5.74, 6) is -0.174. The second-order valence-electron chi connectivity index (χ2n) is 3.53. The molecule has 0 fully saturated rings. The highest BCUT2D eigenvalue weighted by molar-refractivity contribution is 5.90. The summed E-state index contributed by atoms with van der Waals surface area (Å²) in [7, 11) is 1.43. The third kappa shape index (κ3) is 1.44. The van der Waals surface area contributed by atoms with E-state index < -0.39 is 0 Å². The van der Waals surface area contributed by atoms with Crippen LogP contribution < -0.4 is 0 Å². The van der Waals surface area contributed by atoms with E-state index in [1.807, 2.05) is 6.08 Å². The second kappa shape index (κ2) is 2.68. The number of rotatable bonds is 1. The van der Waals surface area contributed by atoms with Crippen molar-refractivity contribution >= 4 is 5.97 Å². The normalized spacial score (nSPS) is 21.2. The Hall–Kier alpha value is -0.790. The Bertz CT molecular complexity index is 202. The molecule has 0 radical (unpaired) electrons. The van der Waals surface area contributed by atoms with Gasteiger partial charge in [-0.2, -0.15) is 0 Å². The van der Waals surface area contributed by atoms with Crippen LogP contribution in [0.5, 0.6) is 0 Å². The first-order valence-corrected chi connectivity index (χ1v) is 3.87. The molecule has 0 saturated carbocycles. The zero-order valence-corrected chi connectivity index (χ0v) is 7.31. The molecule has 0 heterocycles. The molecule has 0 aliphatic heterocycles. The van der Waals surface area contributed by atoms with E-state index >= 15 is 0 Å². The van der Waals surface area contributed by atoms with Crippen LogP contribution in [0.15, 0.2) is 11.6 Å². The Morgan fingerprint density at radius 3 is 2.64 bits per heavy atom. The zero-order valence-electron chi connectivity index (χ0n) is 7.31. The highest BCUT2D eigenvalue weighted by Crippen LogP contribution is 2.38. The largest absolute Gasteiger partial charge is 0.466 e. The van der Waals surface area contributed by atoms with Gasteiger partial charge in [0.05, 0.1) is 7.11 Å². The molecule has 1 aliphatic rings. The van der Waals surface area contributed by atoms with Gasteiger partial charge < -0.3 is 4.74 Å². The second-order valence-corrected chi connectivity index (χ2v) is 3.53. The minimum atomic E-state index is -0.174. The van der Waals surface area contributed by atoms with E-state index in [2.05, 4.69) is 18.6 Å². The zero-order chi connectivity index (χ0) is 8.48. The molecule has 0 aromatic carbocycles. The van der Waals surface area contributed by atoms with E-state index in [1.54, 1.807) is 0 Å². The Balaban J connectivity index is 2.79. The summed E-state index contributed by atoms with van der Waals surface area (Å²) < 4.78 is 4.66. The van der Waals surface area contributed by atoms with E-state index in [-0.39, 0.29) is 11.4 Å². The number of carbonyl (C=O) groups excluding carboxylic acids is 1. The van der Waals surface area contributed by atoms with Gasteiger partial charge >= 0.3 is 5.97 Å². The van der Waals surface area contributed by atoms with Crippen molar-refractivity contribution in [3.05, 3.63) is 11.6 Å². The Kier molecular flexibility index (Phi) is 2.03. The molecule has 0 atom stereocenters. The summed E-state index contributed by atoms with van der Waals surface area (Å²) in [4.78, 5) is 11.1. The van der Waals surface area contributed by atoms with Crippen LogP contribution in [0.2, 0.25) is 0 Å². The summed E-state index contributed by atoms with van der Waals surface area (Å²) in [5.41, 5.74) is 0.854. The van der Waals surface area contributed by atoms with Gasteiger partial charge in [0.2, 0.25) is 0 Å². The quantitative estimate of drug-likeness (QED) is 0.539. The van der Waals surface area contributed by atoms with Gasteiger partial charge in [-0.25, -0.2) is 4.79 Å². The predicted molar refractivity (Wildman–Crippen MR) is 43.1 cm³/mol. The average Bonchev–Trinajstić information content (AvgIpc) is 2.28. The molecule has 0 amide bonds. The summed E-state index contributed by atoms with van der Waals surface area (Å²) in [6.45, 7) is 4.14. The molecule has 0 spiro atoms. The molecule has 0 saturated heterocycles. The lowest BCUT2D eigenvalue weighted by atomic mass is 9.86. The van der Waals surface area contributed by atoms with Crippen molar-refractivity contribution in [1.29, 1.82) is 0 Å². The van der Waals surface area contributed by atoms with Crippen molar-refractivity contribution in [1.82, 2.24) is 0 Å². The van der Waals surface area contributed by atoms with E-state index in [0.29, 0.717) is 0 Å². The summed E-state index contributed by atoms with van der Waals surface area (Å²) in [6.07, 6.45) is 4.03. The van der Waals surface area contributed by atoms with Crippen LogP contribution in [-0.4, -0.2) is 13.1 Å². The molecular formula is C9H14O2. The van der Waals surface area contributed by atoms with Crippen LogP contribution in [0.25, 0.3) is 0 Å². The first kappa shape index (κ1) is 8.31. The monoisotopic (exact) mass is 154 g/mol. The first-order valence-electron chi connectivity index (χ1n) is 3.87. The highest BCUT2D eigenvalue weighted by atomic mass is 16.5. The van der Waals surface area contributed by atoms with Crippen molar-refractivity contribution in [3.8, 4) is 0 Å². The fourth-order valence-electron chi connectivity index (χ4n) is 1.46. The molecule has 0 aromatic heterocycles. The lowest BCUT2D eigenvalue weighted by Gasteiger charge is -2.19. The molecule has 1 aliphatic carbocycles. The predicted octanol–water partition coefficient (Wildman–Crippen LogP) is 1.91. The van der Waals surface area contributed by atoms with Crippen molar-refractivity contribution < 1.29 is 9.53 Å². The minimum absolute atomic E-state index is 0.0209. The highest BCUT2D eigenvalue weighted by Gasteiger charge is 2.32. The van der Waals surface area contributed by atoms with Crippen LogP contribution in [0.3, 0.4) is 0 Å². The maximum Gasteiger partial charge on any atom is 0.333 e. The fraction of sp³-hybridized carbons (Fsp3) is 0.667. The third-order valence-corrected chi connectivity index (χ3v) is 2.25. The third-order valence-electron chi connectivity index (χ3n) is 2.25. The molecule has 0 unspecified atom stereocenters. The number of carbonyl (C=O) groups is 1. The molecule has 1 rings (SSSR count). The van der Waals surface area contributed by atoms with Gasteiger partial charge in [-0.1, -0.05) is 19.9 Å². The van der Waals surface area contributed by atoms with E-state index in [4.69, 9.17) is 0 Å². The lowest BCUT2D eigenvalue weighted by Crippen LogP contribution is -2.18. The van der Waals surface area contributed by atoms with Gasteiger partial charge in [-0.3, -0.25) is 0 Å². The standard InChI is InChI=1S/C9H14O2/c1-9(2)6-4-5-7(9)8(10)11-3/h5H,4,6H2,1-3H3. The van der Waals surface area contributed by atoms with E-state index in [1.165, 1.54) is 7.11 Å². The van der Waals surface area contributed by atoms with Crippen molar-refractivity contribution in [3.63, 3.8) is 0 Å². The number of methoxy groups -OCH3 is 1. The Morgan fingerprint density at radius 2 is 2.27 bits per heavy atom. The molecule has 11 heavy (non-hydrogen) atoms. The number of esters is 1. The summed E-state index contributed by atoms with van der Waals surface area (Å²) >= 11 is 0. The maximum atomic E-state index is 11.1. The summed E-state index contributed by atoms with van der Waals surface area (Å²) in [5, 5.41) is 0. The van der Waals surface area contributed by atoms with Gasteiger partial charge in [0.1, 0.15) is 0 Å². The number of hydrogen-bond donors (Lipinski definition) is 0. The van der Waals surface area contributed by atoms with Gasteiger partial charge in [-0.15, -0.1) is 0 Å². The molecular weight excluding hydrogens is 140 g/mol. The number of hydrogen-bond acceptors (Lipinski definition) is 2. The Labute approximate surface area is 67.2 Å². The topological polar surface area (TPSA) is 26.3 Å². The molecule has 62 valence electrons. The molecule has 0 bridgehead atoms.